The van der Waals surface area contributed by atoms with Crippen molar-refractivity contribution in [3.63, 3.8) is 0 Å². The number of ether oxygens (including phenoxy) is 1. The van der Waals surface area contributed by atoms with Crippen molar-refractivity contribution in [3.8, 4) is 5.88 Å². The molecule has 0 bridgehead atoms. The van der Waals surface area contributed by atoms with Crippen molar-refractivity contribution >= 4 is 17.3 Å². The number of aromatic nitrogens is 1. The maximum Gasteiger partial charge on any atom is 0.213 e. The zero-order chi connectivity index (χ0) is 17.4. The Morgan fingerprint density at radius 2 is 2.17 bits per heavy atom. The van der Waals surface area contributed by atoms with E-state index < -0.39 is 0 Å². The monoisotopic (exact) mass is 346 g/mol. The molecule has 5 nitrogen and oxygen atoms in total. The molecular formula is C18H26N4OS. The molecule has 0 aliphatic rings. The largest absolute Gasteiger partial charge is 0.481 e. The molecule has 0 spiro atoms. The minimum absolute atomic E-state index is 0.0598. The van der Waals surface area contributed by atoms with E-state index in [2.05, 4.69) is 58.9 Å². The maximum atomic E-state index is 5.15. The maximum absolute atomic E-state index is 5.15. The standard InChI is InChI=1S/C18H26N4OS/c1-5-19-17(21-12-14-8-9-20-16(11-14)23-4)22-13-18(2,3)15-7-6-10-24-15/h6-11H,5,12-13H2,1-4H3,(H2,19,21,22). The lowest BCUT2D eigenvalue weighted by atomic mass is 9.91. The van der Waals surface area contributed by atoms with E-state index in [1.165, 1.54) is 4.88 Å². The lowest BCUT2D eigenvalue weighted by molar-refractivity contribution is 0.397. The average molecular weight is 346 g/mol. The molecule has 2 aromatic rings. The SMILES string of the molecule is CCNC(=NCc1ccnc(OC)c1)NCC(C)(C)c1cccs1. The number of hydrogen-bond acceptors (Lipinski definition) is 4. The summed E-state index contributed by atoms with van der Waals surface area (Å²) >= 11 is 1.79. The van der Waals surface area contributed by atoms with Gasteiger partial charge in [0.2, 0.25) is 5.88 Å². The van der Waals surface area contributed by atoms with E-state index in [-0.39, 0.29) is 5.41 Å². The first kappa shape index (κ1) is 18.3. The Balaban J connectivity index is 2.00. The molecule has 0 aliphatic carbocycles. The molecule has 0 saturated heterocycles. The van der Waals surface area contributed by atoms with Gasteiger partial charge in [0.1, 0.15) is 0 Å². The van der Waals surface area contributed by atoms with Crippen LogP contribution in [-0.4, -0.2) is 31.1 Å². The number of pyridine rings is 1. The van der Waals surface area contributed by atoms with E-state index >= 15 is 0 Å². The highest BCUT2D eigenvalue weighted by Gasteiger charge is 2.21. The van der Waals surface area contributed by atoms with Gasteiger partial charge in [-0.2, -0.15) is 0 Å². The molecule has 0 radical (unpaired) electrons. The third-order valence-electron chi connectivity index (χ3n) is 3.66. The number of aliphatic imine (C=N–C) groups is 1. The number of rotatable bonds is 7. The van der Waals surface area contributed by atoms with E-state index in [9.17, 15) is 0 Å². The normalized spacial score (nSPS) is 12.1. The molecule has 2 heterocycles. The lowest BCUT2D eigenvalue weighted by Gasteiger charge is -2.25. The summed E-state index contributed by atoms with van der Waals surface area (Å²) in [6, 6.07) is 8.13. The van der Waals surface area contributed by atoms with Crippen LogP contribution in [-0.2, 0) is 12.0 Å². The van der Waals surface area contributed by atoms with Crippen LogP contribution in [0, 0.1) is 0 Å². The Bertz CT molecular complexity index is 653. The minimum atomic E-state index is 0.0598. The Kier molecular flexibility index (Phi) is 6.61. The van der Waals surface area contributed by atoms with Crippen LogP contribution in [0.3, 0.4) is 0 Å². The number of thiophene rings is 1. The summed E-state index contributed by atoms with van der Waals surface area (Å²) in [5, 5.41) is 8.86. The summed E-state index contributed by atoms with van der Waals surface area (Å²) in [7, 11) is 1.62. The second kappa shape index (κ2) is 8.68. The highest BCUT2D eigenvalue weighted by molar-refractivity contribution is 7.10. The highest BCUT2D eigenvalue weighted by atomic mass is 32.1. The number of hydrogen-bond donors (Lipinski definition) is 2. The zero-order valence-electron chi connectivity index (χ0n) is 14.8. The van der Waals surface area contributed by atoms with Crippen LogP contribution in [0.4, 0.5) is 0 Å². The fourth-order valence-corrected chi connectivity index (χ4v) is 3.08. The van der Waals surface area contributed by atoms with Crippen molar-refractivity contribution in [2.24, 2.45) is 4.99 Å². The summed E-state index contributed by atoms with van der Waals surface area (Å²) in [6.45, 7) is 8.76. The fraction of sp³-hybridized carbons (Fsp3) is 0.444. The van der Waals surface area contributed by atoms with Gasteiger partial charge in [0.05, 0.1) is 13.7 Å². The highest BCUT2D eigenvalue weighted by Crippen LogP contribution is 2.26. The number of nitrogens with zero attached hydrogens (tertiary/aromatic N) is 2. The minimum Gasteiger partial charge on any atom is -0.481 e. The van der Waals surface area contributed by atoms with Crippen LogP contribution in [0.25, 0.3) is 0 Å². The van der Waals surface area contributed by atoms with Crippen LogP contribution in [0.15, 0.2) is 40.8 Å². The van der Waals surface area contributed by atoms with Gasteiger partial charge in [-0.3, -0.25) is 0 Å². The van der Waals surface area contributed by atoms with Gasteiger partial charge >= 0.3 is 0 Å². The van der Waals surface area contributed by atoms with Gasteiger partial charge in [-0.05, 0) is 30.0 Å². The molecule has 2 rings (SSSR count). The van der Waals surface area contributed by atoms with Crippen molar-refractivity contribution in [3.05, 3.63) is 46.3 Å². The first-order valence-electron chi connectivity index (χ1n) is 8.10. The molecule has 130 valence electrons. The lowest BCUT2D eigenvalue weighted by Crippen LogP contribution is -2.43. The van der Waals surface area contributed by atoms with Gasteiger partial charge < -0.3 is 15.4 Å². The van der Waals surface area contributed by atoms with Gasteiger partial charge in [0.25, 0.3) is 0 Å². The predicted octanol–water partition coefficient (Wildman–Crippen LogP) is 3.18. The average Bonchev–Trinajstić information content (AvgIpc) is 3.13. The van der Waals surface area contributed by atoms with Crippen LogP contribution >= 0.6 is 11.3 Å². The second-order valence-electron chi connectivity index (χ2n) is 6.12. The smallest absolute Gasteiger partial charge is 0.213 e. The first-order chi connectivity index (χ1) is 11.5. The third kappa shape index (κ3) is 5.23. The first-order valence-corrected chi connectivity index (χ1v) is 8.98. The van der Waals surface area contributed by atoms with Gasteiger partial charge in [0, 0.05) is 35.6 Å². The van der Waals surface area contributed by atoms with Crippen LogP contribution in [0.5, 0.6) is 5.88 Å². The Morgan fingerprint density at radius 3 is 2.83 bits per heavy atom. The summed E-state index contributed by atoms with van der Waals surface area (Å²) < 4.78 is 5.15. The number of nitrogens with one attached hydrogen (secondary N) is 2. The summed E-state index contributed by atoms with van der Waals surface area (Å²) in [5.41, 5.74) is 1.13. The Labute approximate surface area is 148 Å². The molecule has 0 aromatic carbocycles. The predicted molar refractivity (Wildman–Crippen MR) is 101 cm³/mol. The van der Waals surface area contributed by atoms with E-state index in [1.54, 1.807) is 24.6 Å². The van der Waals surface area contributed by atoms with Crippen molar-refractivity contribution < 1.29 is 4.74 Å². The molecule has 2 N–H and O–H groups in total. The Morgan fingerprint density at radius 1 is 1.33 bits per heavy atom. The fourth-order valence-electron chi connectivity index (χ4n) is 2.23. The van der Waals surface area contributed by atoms with Gasteiger partial charge in [-0.25, -0.2) is 9.98 Å². The van der Waals surface area contributed by atoms with Gasteiger partial charge in [-0.1, -0.05) is 19.9 Å². The topological polar surface area (TPSA) is 58.5 Å². The van der Waals surface area contributed by atoms with Gasteiger partial charge in [0.15, 0.2) is 5.96 Å². The molecular weight excluding hydrogens is 320 g/mol. The van der Waals surface area contributed by atoms with Crippen LogP contribution in [0.1, 0.15) is 31.2 Å². The van der Waals surface area contributed by atoms with Crippen molar-refractivity contribution in [2.75, 3.05) is 20.2 Å². The van der Waals surface area contributed by atoms with Crippen molar-refractivity contribution in [1.82, 2.24) is 15.6 Å². The van der Waals surface area contributed by atoms with Gasteiger partial charge in [-0.15, -0.1) is 11.3 Å². The van der Waals surface area contributed by atoms with E-state index in [0.717, 1.165) is 24.6 Å². The zero-order valence-corrected chi connectivity index (χ0v) is 15.6. The molecule has 6 heteroatoms. The van der Waals surface area contributed by atoms with Crippen molar-refractivity contribution in [1.29, 1.82) is 0 Å². The van der Waals surface area contributed by atoms with E-state index in [1.807, 2.05) is 12.1 Å². The van der Waals surface area contributed by atoms with Crippen LogP contribution < -0.4 is 15.4 Å². The molecule has 0 atom stereocenters. The summed E-state index contributed by atoms with van der Waals surface area (Å²) in [4.78, 5) is 10.1. The Hall–Kier alpha value is -2.08. The molecule has 0 unspecified atom stereocenters. The summed E-state index contributed by atoms with van der Waals surface area (Å²) in [6.07, 6.45) is 1.74. The van der Waals surface area contributed by atoms with Crippen LogP contribution in [0.2, 0.25) is 0 Å². The number of methoxy groups -OCH3 is 1. The molecule has 0 fully saturated rings. The molecule has 24 heavy (non-hydrogen) atoms. The van der Waals surface area contributed by atoms with E-state index in [4.69, 9.17) is 4.74 Å². The van der Waals surface area contributed by atoms with Crippen molar-refractivity contribution in [2.45, 2.75) is 32.7 Å². The number of guanidine groups is 1. The molecule has 2 aromatic heterocycles. The third-order valence-corrected chi connectivity index (χ3v) is 4.89. The second-order valence-corrected chi connectivity index (χ2v) is 7.06. The van der Waals surface area contributed by atoms with E-state index in [0.29, 0.717) is 12.4 Å². The summed E-state index contributed by atoms with van der Waals surface area (Å²) in [5.74, 6) is 1.43. The quantitative estimate of drug-likeness (QED) is 0.597. The molecule has 0 saturated carbocycles. The molecule has 0 amide bonds. The molecule has 0 aliphatic heterocycles.